The molecule has 1 heterocycles. The SMILES string of the molecule is N#Cc1ccncc1Oc1ccccc1CC(=O)O. The molecule has 0 atom stereocenters. The Balaban J connectivity index is 2.33. The number of aliphatic carboxylic acids is 1. The fourth-order valence-corrected chi connectivity index (χ4v) is 1.58. The number of benzene rings is 1. The van der Waals surface area contributed by atoms with E-state index in [0.29, 0.717) is 22.6 Å². The average molecular weight is 254 g/mol. The number of hydrogen-bond donors (Lipinski definition) is 1. The normalized spacial score (nSPS) is 9.63. The summed E-state index contributed by atoms with van der Waals surface area (Å²) in [5.41, 5.74) is 0.892. The molecule has 19 heavy (non-hydrogen) atoms. The van der Waals surface area contributed by atoms with Crippen molar-refractivity contribution in [1.29, 1.82) is 5.26 Å². The van der Waals surface area contributed by atoms with Crippen molar-refractivity contribution in [1.82, 2.24) is 4.98 Å². The largest absolute Gasteiger partial charge is 0.481 e. The van der Waals surface area contributed by atoms with Crippen molar-refractivity contribution in [3.63, 3.8) is 0 Å². The summed E-state index contributed by atoms with van der Waals surface area (Å²) in [7, 11) is 0. The lowest BCUT2D eigenvalue weighted by atomic mass is 10.1. The van der Waals surface area contributed by atoms with Crippen molar-refractivity contribution in [2.24, 2.45) is 0 Å². The first-order chi connectivity index (χ1) is 9.20. The molecule has 0 radical (unpaired) electrons. The van der Waals surface area contributed by atoms with E-state index in [1.54, 1.807) is 24.3 Å². The summed E-state index contributed by atoms with van der Waals surface area (Å²) in [6.07, 6.45) is 2.78. The maximum atomic E-state index is 10.8. The molecule has 1 N–H and O–H groups in total. The fourth-order valence-electron chi connectivity index (χ4n) is 1.58. The third kappa shape index (κ3) is 3.07. The number of carbonyl (C=O) groups is 1. The summed E-state index contributed by atoms with van der Waals surface area (Å²) in [6.45, 7) is 0. The first-order valence-corrected chi connectivity index (χ1v) is 5.52. The molecule has 0 aliphatic carbocycles. The van der Waals surface area contributed by atoms with Crippen LogP contribution in [0.25, 0.3) is 0 Å². The molecule has 0 saturated heterocycles. The third-order valence-corrected chi connectivity index (χ3v) is 2.44. The highest BCUT2D eigenvalue weighted by Crippen LogP contribution is 2.27. The first kappa shape index (κ1) is 12.6. The van der Waals surface area contributed by atoms with Crippen LogP contribution in [-0.2, 0) is 11.2 Å². The Kier molecular flexibility index (Phi) is 3.74. The van der Waals surface area contributed by atoms with Gasteiger partial charge in [0, 0.05) is 11.8 Å². The van der Waals surface area contributed by atoms with Gasteiger partial charge in [-0.05, 0) is 12.1 Å². The van der Waals surface area contributed by atoms with Crippen LogP contribution in [0.5, 0.6) is 11.5 Å². The Morgan fingerprint density at radius 2 is 2.11 bits per heavy atom. The van der Waals surface area contributed by atoms with E-state index in [9.17, 15) is 4.79 Å². The van der Waals surface area contributed by atoms with Crippen LogP contribution >= 0.6 is 0 Å². The predicted octanol–water partition coefficient (Wildman–Crippen LogP) is 2.37. The number of pyridine rings is 1. The van der Waals surface area contributed by atoms with Gasteiger partial charge in [-0.2, -0.15) is 5.26 Å². The lowest BCUT2D eigenvalue weighted by Crippen LogP contribution is -2.02. The monoisotopic (exact) mass is 254 g/mol. The van der Waals surface area contributed by atoms with Gasteiger partial charge in [0.2, 0.25) is 0 Å². The Morgan fingerprint density at radius 1 is 1.32 bits per heavy atom. The van der Waals surface area contributed by atoms with Crippen LogP contribution in [0, 0.1) is 11.3 Å². The van der Waals surface area contributed by atoms with Gasteiger partial charge in [-0.15, -0.1) is 0 Å². The highest BCUT2D eigenvalue weighted by Gasteiger charge is 2.10. The van der Waals surface area contributed by atoms with Crippen molar-refractivity contribution in [2.75, 3.05) is 0 Å². The number of carboxylic acid groups (broad SMARTS) is 1. The number of rotatable bonds is 4. The molecule has 0 aliphatic heterocycles. The van der Waals surface area contributed by atoms with Gasteiger partial charge in [-0.25, -0.2) is 0 Å². The Bertz CT molecular complexity index is 647. The van der Waals surface area contributed by atoms with Crippen LogP contribution in [0.3, 0.4) is 0 Å². The number of hydrogen-bond acceptors (Lipinski definition) is 4. The molecule has 0 amide bonds. The van der Waals surface area contributed by atoms with Crippen molar-refractivity contribution < 1.29 is 14.6 Å². The van der Waals surface area contributed by atoms with Crippen molar-refractivity contribution in [3.8, 4) is 17.6 Å². The van der Waals surface area contributed by atoms with Crippen molar-refractivity contribution in [2.45, 2.75) is 6.42 Å². The fraction of sp³-hybridized carbons (Fsp3) is 0.0714. The van der Waals surface area contributed by atoms with E-state index < -0.39 is 5.97 Å². The quantitative estimate of drug-likeness (QED) is 0.905. The minimum Gasteiger partial charge on any atom is -0.481 e. The Morgan fingerprint density at radius 3 is 2.84 bits per heavy atom. The van der Waals surface area contributed by atoms with E-state index in [1.165, 1.54) is 18.5 Å². The van der Waals surface area contributed by atoms with Crippen LogP contribution in [0.15, 0.2) is 42.7 Å². The first-order valence-electron chi connectivity index (χ1n) is 5.52. The highest BCUT2D eigenvalue weighted by molar-refractivity contribution is 5.71. The second-order valence-electron chi connectivity index (χ2n) is 3.76. The molecule has 2 aromatic rings. The second kappa shape index (κ2) is 5.65. The second-order valence-corrected chi connectivity index (χ2v) is 3.76. The lowest BCUT2D eigenvalue weighted by Gasteiger charge is -2.10. The molecule has 5 nitrogen and oxygen atoms in total. The van der Waals surface area contributed by atoms with Crippen LogP contribution in [0.4, 0.5) is 0 Å². The molecule has 0 bridgehead atoms. The van der Waals surface area contributed by atoms with Gasteiger partial charge >= 0.3 is 5.97 Å². The molecular formula is C14H10N2O3. The maximum Gasteiger partial charge on any atom is 0.307 e. The molecule has 0 fully saturated rings. The number of aromatic nitrogens is 1. The Hall–Kier alpha value is -2.87. The van der Waals surface area contributed by atoms with Gasteiger partial charge in [-0.3, -0.25) is 9.78 Å². The number of para-hydroxylation sites is 1. The van der Waals surface area contributed by atoms with E-state index in [2.05, 4.69) is 4.98 Å². The molecule has 0 saturated carbocycles. The average Bonchev–Trinajstić information content (AvgIpc) is 2.41. The van der Waals surface area contributed by atoms with Crippen molar-refractivity contribution in [3.05, 3.63) is 53.9 Å². The topological polar surface area (TPSA) is 83.2 Å². The smallest absolute Gasteiger partial charge is 0.307 e. The van der Waals surface area contributed by atoms with Crippen LogP contribution < -0.4 is 4.74 Å². The zero-order chi connectivity index (χ0) is 13.7. The minimum atomic E-state index is -0.942. The number of nitriles is 1. The zero-order valence-corrected chi connectivity index (χ0v) is 9.91. The standard InChI is InChI=1S/C14H10N2O3/c15-8-11-5-6-16-9-13(11)19-12-4-2-1-3-10(12)7-14(17)18/h1-6,9H,7H2,(H,17,18). The van der Waals surface area contributed by atoms with Crippen LogP contribution in [0.1, 0.15) is 11.1 Å². The maximum absolute atomic E-state index is 10.8. The summed E-state index contributed by atoms with van der Waals surface area (Å²) in [5.74, 6) is -0.222. The molecule has 0 unspecified atom stereocenters. The van der Waals surface area contributed by atoms with Gasteiger partial charge in [0.1, 0.15) is 11.8 Å². The molecule has 1 aromatic carbocycles. The summed E-state index contributed by atoms with van der Waals surface area (Å²) in [4.78, 5) is 14.7. The highest BCUT2D eigenvalue weighted by atomic mass is 16.5. The van der Waals surface area contributed by atoms with Crippen LogP contribution in [-0.4, -0.2) is 16.1 Å². The summed E-state index contributed by atoms with van der Waals surface area (Å²) >= 11 is 0. The molecule has 5 heteroatoms. The number of ether oxygens (including phenoxy) is 1. The Labute approximate surface area is 109 Å². The van der Waals surface area contributed by atoms with E-state index in [4.69, 9.17) is 15.1 Å². The van der Waals surface area contributed by atoms with Gasteiger partial charge < -0.3 is 9.84 Å². The van der Waals surface area contributed by atoms with Gasteiger partial charge in [-0.1, -0.05) is 18.2 Å². The molecule has 1 aromatic heterocycles. The third-order valence-electron chi connectivity index (χ3n) is 2.44. The molecule has 2 rings (SSSR count). The van der Waals surface area contributed by atoms with Gasteiger partial charge in [0.05, 0.1) is 18.2 Å². The number of carboxylic acids is 1. The van der Waals surface area contributed by atoms with Crippen LogP contribution in [0.2, 0.25) is 0 Å². The van der Waals surface area contributed by atoms with Gasteiger partial charge in [0.25, 0.3) is 0 Å². The summed E-state index contributed by atoms with van der Waals surface area (Å²) in [5, 5.41) is 17.8. The number of nitrogens with zero attached hydrogens (tertiary/aromatic N) is 2. The van der Waals surface area contributed by atoms with E-state index >= 15 is 0 Å². The predicted molar refractivity (Wildman–Crippen MR) is 66.8 cm³/mol. The zero-order valence-electron chi connectivity index (χ0n) is 9.91. The van der Waals surface area contributed by atoms with E-state index in [0.717, 1.165) is 0 Å². The lowest BCUT2D eigenvalue weighted by molar-refractivity contribution is -0.136. The summed E-state index contributed by atoms with van der Waals surface area (Å²) < 4.78 is 5.58. The summed E-state index contributed by atoms with van der Waals surface area (Å²) in [6, 6.07) is 10.3. The van der Waals surface area contributed by atoms with Gasteiger partial charge in [0.15, 0.2) is 5.75 Å². The molecule has 0 aliphatic rings. The van der Waals surface area contributed by atoms with E-state index in [1.807, 2.05) is 6.07 Å². The van der Waals surface area contributed by atoms with Crippen molar-refractivity contribution >= 4 is 5.97 Å². The minimum absolute atomic E-state index is 0.141. The molecular weight excluding hydrogens is 244 g/mol. The molecule has 0 spiro atoms. The molecule has 94 valence electrons. The van der Waals surface area contributed by atoms with E-state index in [-0.39, 0.29) is 6.42 Å².